The molecule has 188 valence electrons. The summed E-state index contributed by atoms with van der Waals surface area (Å²) in [6.07, 6.45) is 7.94. The quantitative estimate of drug-likeness (QED) is 0.355. The predicted molar refractivity (Wildman–Crippen MR) is 141 cm³/mol. The summed E-state index contributed by atoms with van der Waals surface area (Å²) in [6.45, 7) is 4.73. The molecule has 37 heavy (non-hydrogen) atoms. The number of hydrogen-bond donors (Lipinski definition) is 1. The number of piperazine rings is 1. The normalized spacial score (nSPS) is 15.9. The fraction of sp³-hybridized carbons (Fsp3) is 0.286. The van der Waals surface area contributed by atoms with E-state index in [1.807, 2.05) is 15.3 Å². The molecule has 0 bridgehead atoms. The fourth-order valence-electron chi connectivity index (χ4n) is 5.25. The van der Waals surface area contributed by atoms with E-state index in [9.17, 15) is 5.11 Å². The number of imidazole rings is 2. The van der Waals surface area contributed by atoms with Gasteiger partial charge in [0.15, 0.2) is 17.0 Å². The van der Waals surface area contributed by atoms with Crippen molar-refractivity contribution in [2.24, 2.45) is 0 Å². The summed E-state index contributed by atoms with van der Waals surface area (Å²) in [4.78, 5) is 22.3. The van der Waals surface area contributed by atoms with Crippen molar-refractivity contribution in [2.45, 2.75) is 18.7 Å². The molecule has 1 fully saturated rings. The number of benzene rings is 2. The molecule has 0 amide bonds. The second-order valence-electron chi connectivity index (χ2n) is 9.45. The number of nitrogens with zero attached hydrogens (tertiary/aromatic N) is 8. The van der Waals surface area contributed by atoms with Gasteiger partial charge in [-0.2, -0.15) is 0 Å². The minimum absolute atomic E-state index is 0.233. The zero-order chi connectivity index (χ0) is 25.0. The van der Waals surface area contributed by atoms with Crippen molar-refractivity contribution >= 4 is 11.2 Å². The average molecular weight is 495 g/mol. The molecule has 9 nitrogen and oxygen atoms in total. The summed E-state index contributed by atoms with van der Waals surface area (Å²) in [7, 11) is 0. The lowest BCUT2D eigenvalue weighted by atomic mass is 9.96. The van der Waals surface area contributed by atoms with E-state index in [1.54, 1.807) is 18.9 Å². The SMILES string of the molecule is O[C@@H](CN1CCN(C(c2ccccc2)c2ccccc2)CC1)Cn1cnc2c(-n3ccnc3)ncnc21. The number of aromatic nitrogens is 6. The van der Waals surface area contributed by atoms with E-state index < -0.39 is 6.10 Å². The summed E-state index contributed by atoms with van der Waals surface area (Å²) >= 11 is 0. The Morgan fingerprint density at radius 2 is 1.49 bits per heavy atom. The maximum atomic E-state index is 11.0. The lowest BCUT2D eigenvalue weighted by Gasteiger charge is -2.40. The van der Waals surface area contributed by atoms with E-state index in [0.717, 1.165) is 26.2 Å². The van der Waals surface area contributed by atoms with Crippen LogP contribution in [0.15, 0.2) is 92.0 Å². The fourth-order valence-corrected chi connectivity index (χ4v) is 5.25. The highest BCUT2D eigenvalue weighted by molar-refractivity contribution is 5.78. The van der Waals surface area contributed by atoms with Gasteiger partial charge in [-0.25, -0.2) is 19.9 Å². The summed E-state index contributed by atoms with van der Waals surface area (Å²) in [5, 5.41) is 11.0. The summed E-state index contributed by atoms with van der Waals surface area (Å²) in [5.74, 6) is 0.679. The molecule has 6 rings (SSSR count). The Bertz CT molecular complexity index is 1370. The van der Waals surface area contributed by atoms with Gasteiger partial charge in [0.05, 0.1) is 25.0 Å². The highest BCUT2D eigenvalue weighted by atomic mass is 16.3. The number of aliphatic hydroxyl groups is 1. The van der Waals surface area contributed by atoms with Crippen LogP contribution in [-0.2, 0) is 6.54 Å². The van der Waals surface area contributed by atoms with Gasteiger partial charge in [0.2, 0.25) is 0 Å². The number of aliphatic hydroxyl groups excluding tert-OH is 1. The van der Waals surface area contributed by atoms with Crippen LogP contribution >= 0.6 is 0 Å². The topological polar surface area (TPSA) is 88.1 Å². The first-order chi connectivity index (χ1) is 18.3. The number of rotatable bonds is 8. The molecule has 0 spiro atoms. The van der Waals surface area contributed by atoms with Crippen molar-refractivity contribution in [3.63, 3.8) is 0 Å². The van der Waals surface area contributed by atoms with Crippen LogP contribution in [0.1, 0.15) is 17.2 Å². The Balaban J connectivity index is 1.10. The van der Waals surface area contributed by atoms with Gasteiger partial charge < -0.3 is 9.67 Å². The monoisotopic (exact) mass is 494 g/mol. The third-order valence-electron chi connectivity index (χ3n) is 7.01. The molecule has 5 aromatic rings. The predicted octanol–water partition coefficient (Wildman–Crippen LogP) is 2.78. The maximum Gasteiger partial charge on any atom is 0.169 e. The van der Waals surface area contributed by atoms with E-state index in [1.165, 1.54) is 17.5 Å². The van der Waals surface area contributed by atoms with Crippen molar-refractivity contribution in [1.82, 2.24) is 38.9 Å². The van der Waals surface area contributed by atoms with Crippen LogP contribution in [0, 0.1) is 0 Å². The first kappa shape index (κ1) is 23.5. The molecule has 0 unspecified atom stereocenters. The Morgan fingerprint density at radius 1 is 0.784 bits per heavy atom. The molecule has 1 aliphatic heterocycles. The minimum Gasteiger partial charge on any atom is -0.390 e. The van der Waals surface area contributed by atoms with Crippen LogP contribution < -0.4 is 0 Å². The van der Waals surface area contributed by atoms with E-state index in [4.69, 9.17) is 0 Å². The smallest absolute Gasteiger partial charge is 0.169 e. The van der Waals surface area contributed by atoms with E-state index in [2.05, 4.69) is 90.4 Å². The van der Waals surface area contributed by atoms with Gasteiger partial charge in [-0.1, -0.05) is 60.7 Å². The van der Waals surface area contributed by atoms with Gasteiger partial charge in [0.25, 0.3) is 0 Å². The molecule has 0 radical (unpaired) electrons. The molecule has 1 saturated heterocycles. The second-order valence-corrected chi connectivity index (χ2v) is 9.45. The Kier molecular flexibility index (Phi) is 6.72. The molecule has 1 atom stereocenters. The first-order valence-electron chi connectivity index (χ1n) is 12.6. The molecule has 1 N–H and O–H groups in total. The molecule has 0 aliphatic carbocycles. The van der Waals surface area contributed by atoms with Crippen LogP contribution in [0.4, 0.5) is 0 Å². The van der Waals surface area contributed by atoms with E-state index in [-0.39, 0.29) is 6.04 Å². The van der Waals surface area contributed by atoms with Crippen LogP contribution in [0.5, 0.6) is 0 Å². The van der Waals surface area contributed by atoms with Gasteiger partial charge in [-0.05, 0) is 11.1 Å². The maximum absolute atomic E-state index is 11.0. The molecular formula is C28H30N8O. The number of hydrogen-bond acceptors (Lipinski definition) is 7. The highest BCUT2D eigenvalue weighted by Crippen LogP contribution is 2.29. The third-order valence-corrected chi connectivity index (χ3v) is 7.01. The van der Waals surface area contributed by atoms with Crippen LogP contribution in [0.3, 0.4) is 0 Å². The molecule has 9 heteroatoms. The van der Waals surface area contributed by atoms with Crippen molar-refractivity contribution in [3.8, 4) is 5.82 Å². The first-order valence-corrected chi connectivity index (χ1v) is 12.6. The minimum atomic E-state index is -0.533. The lowest BCUT2D eigenvalue weighted by molar-refractivity contribution is 0.0560. The Morgan fingerprint density at radius 3 is 2.14 bits per heavy atom. The standard InChI is InChI=1S/C28H30N8O/c37-24(18-36-21-32-25-27(30-19-31-28(25)36)35-12-11-29-20-35)17-33-13-15-34(16-14-33)26(22-7-3-1-4-8-22)23-9-5-2-6-10-23/h1-12,19-21,24,26,37H,13-18H2/t24-/m0/s1. The van der Waals surface area contributed by atoms with Crippen molar-refractivity contribution < 1.29 is 5.11 Å². The molecule has 3 aromatic heterocycles. The second kappa shape index (κ2) is 10.6. The van der Waals surface area contributed by atoms with E-state index in [0.29, 0.717) is 30.1 Å². The highest BCUT2D eigenvalue weighted by Gasteiger charge is 2.27. The Hall–Kier alpha value is -3.92. The molecule has 4 heterocycles. The van der Waals surface area contributed by atoms with Gasteiger partial charge >= 0.3 is 0 Å². The molecule has 0 saturated carbocycles. The van der Waals surface area contributed by atoms with Gasteiger partial charge in [0, 0.05) is 45.1 Å². The van der Waals surface area contributed by atoms with Crippen molar-refractivity contribution in [1.29, 1.82) is 0 Å². The summed E-state index contributed by atoms with van der Waals surface area (Å²) in [5.41, 5.74) is 4.02. The summed E-state index contributed by atoms with van der Waals surface area (Å²) < 4.78 is 3.72. The van der Waals surface area contributed by atoms with Gasteiger partial charge in [0.1, 0.15) is 12.7 Å². The molecular weight excluding hydrogens is 464 g/mol. The lowest BCUT2D eigenvalue weighted by Crippen LogP contribution is -2.50. The molecule has 1 aliphatic rings. The number of fused-ring (bicyclic) bond motifs is 1. The average Bonchev–Trinajstić information content (AvgIpc) is 3.62. The Labute approximate surface area is 215 Å². The largest absolute Gasteiger partial charge is 0.390 e. The van der Waals surface area contributed by atoms with Crippen molar-refractivity contribution in [2.75, 3.05) is 32.7 Å². The van der Waals surface area contributed by atoms with Gasteiger partial charge in [-0.15, -0.1) is 0 Å². The summed E-state index contributed by atoms with van der Waals surface area (Å²) in [6, 6.07) is 21.7. The van der Waals surface area contributed by atoms with Crippen LogP contribution in [0.2, 0.25) is 0 Å². The van der Waals surface area contributed by atoms with Crippen LogP contribution in [-0.4, -0.2) is 82.8 Å². The zero-order valence-electron chi connectivity index (χ0n) is 20.6. The molecule has 2 aromatic carbocycles. The van der Waals surface area contributed by atoms with Crippen LogP contribution in [0.25, 0.3) is 17.0 Å². The zero-order valence-corrected chi connectivity index (χ0v) is 20.6. The number of β-amino-alcohol motifs (C(OH)–C–C–N with tert-alkyl or cyclic N) is 1. The van der Waals surface area contributed by atoms with Gasteiger partial charge in [-0.3, -0.25) is 14.4 Å². The van der Waals surface area contributed by atoms with Crippen molar-refractivity contribution in [3.05, 3.63) is 103 Å². The van der Waals surface area contributed by atoms with E-state index >= 15 is 0 Å². The third kappa shape index (κ3) is 5.01.